The normalized spacial score (nSPS) is 15.8. The highest BCUT2D eigenvalue weighted by molar-refractivity contribution is 6.05. The van der Waals surface area contributed by atoms with Crippen molar-refractivity contribution < 1.29 is 14.3 Å². The van der Waals surface area contributed by atoms with E-state index >= 15 is 0 Å². The summed E-state index contributed by atoms with van der Waals surface area (Å²) in [7, 11) is 1.77. The number of fused-ring (bicyclic) bond motifs is 1. The molecule has 3 aromatic rings. The standard InChI is InChI=1S/C21H19N3O3/c1-13-10-19(24(2)23-13)22-20(25)15-8-9-17-16(11-15)12-18(27-21(17)26)14-6-4-3-5-7-14/h3-11,18H,12H2,1-2H3,(H,22,25)/t18-/m1/s1. The number of esters is 1. The predicted molar refractivity (Wildman–Crippen MR) is 101 cm³/mol. The Morgan fingerprint density at radius 3 is 2.67 bits per heavy atom. The number of aryl methyl sites for hydroxylation is 2. The zero-order valence-corrected chi connectivity index (χ0v) is 15.1. The monoisotopic (exact) mass is 361 g/mol. The second-order valence-electron chi connectivity index (χ2n) is 6.63. The Balaban J connectivity index is 1.60. The maximum Gasteiger partial charge on any atom is 0.339 e. The molecule has 1 aromatic heterocycles. The summed E-state index contributed by atoms with van der Waals surface area (Å²) in [5.41, 5.74) is 3.58. The molecule has 0 saturated heterocycles. The van der Waals surface area contributed by atoms with Gasteiger partial charge >= 0.3 is 5.97 Å². The zero-order chi connectivity index (χ0) is 19.0. The number of carbonyl (C=O) groups is 2. The summed E-state index contributed by atoms with van der Waals surface area (Å²) < 4.78 is 7.18. The molecule has 2 aromatic carbocycles. The van der Waals surface area contributed by atoms with E-state index in [1.807, 2.05) is 37.3 Å². The third-order valence-corrected chi connectivity index (χ3v) is 4.66. The summed E-state index contributed by atoms with van der Waals surface area (Å²) in [5.74, 6) is 0.0205. The third-order valence-electron chi connectivity index (χ3n) is 4.66. The first-order valence-electron chi connectivity index (χ1n) is 8.72. The van der Waals surface area contributed by atoms with Crippen molar-refractivity contribution in [1.82, 2.24) is 9.78 Å². The van der Waals surface area contributed by atoms with Gasteiger partial charge in [-0.15, -0.1) is 0 Å². The molecular weight excluding hydrogens is 342 g/mol. The van der Waals surface area contributed by atoms with E-state index in [0.29, 0.717) is 23.4 Å². The first-order chi connectivity index (χ1) is 13.0. The number of anilines is 1. The highest BCUT2D eigenvalue weighted by Crippen LogP contribution is 2.31. The molecule has 6 heteroatoms. The van der Waals surface area contributed by atoms with E-state index in [-0.39, 0.29) is 18.0 Å². The summed E-state index contributed by atoms with van der Waals surface area (Å²) in [4.78, 5) is 25.0. The number of ether oxygens (including phenoxy) is 1. The minimum absolute atomic E-state index is 0.240. The van der Waals surface area contributed by atoms with Gasteiger partial charge in [-0.05, 0) is 36.2 Å². The van der Waals surface area contributed by atoms with Crippen molar-refractivity contribution in [2.45, 2.75) is 19.4 Å². The van der Waals surface area contributed by atoms with Crippen LogP contribution < -0.4 is 5.32 Å². The Morgan fingerprint density at radius 1 is 1.19 bits per heavy atom. The Morgan fingerprint density at radius 2 is 1.96 bits per heavy atom. The average Bonchev–Trinajstić information content (AvgIpc) is 2.98. The lowest BCUT2D eigenvalue weighted by molar-refractivity contribution is 0.0252. The number of rotatable bonds is 3. The van der Waals surface area contributed by atoms with Crippen LogP contribution in [0.25, 0.3) is 0 Å². The van der Waals surface area contributed by atoms with E-state index < -0.39 is 0 Å². The van der Waals surface area contributed by atoms with Gasteiger partial charge in [-0.1, -0.05) is 30.3 Å². The minimum atomic E-state index is -0.362. The molecular formula is C21H19N3O3. The Labute approximate surface area is 156 Å². The summed E-state index contributed by atoms with van der Waals surface area (Å²) in [6.45, 7) is 1.86. The number of hydrogen-bond donors (Lipinski definition) is 1. The molecule has 0 saturated carbocycles. The fraction of sp³-hybridized carbons (Fsp3) is 0.190. The van der Waals surface area contributed by atoms with Crippen LogP contribution in [0.5, 0.6) is 0 Å². The van der Waals surface area contributed by atoms with Gasteiger partial charge in [0.05, 0.1) is 11.3 Å². The molecule has 0 fully saturated rings. The minimum Gasteiger partial charge on any atom is -0.454 e. The Kier molecular flexibility index (Phi) is 4.24. The Hall–Kier alpha value is -3.41. The number of amides is 1. The van der Waals surface area contributed by atoms with Gasteiger partial charge in [0, 0.05) is 25.1 Å². The maximum atomic E-state index is 12.6. The molecule has 27 heavy (non-hydrogen) atoms. The van der Waals surface area contributed by atoms with Crippen LogP contribution in [0.1, 0.15) is 43.6 Å². The Bertz CT molecular complexity index is 1020. The number of nitrogens with zero attached hydrogens (tertiary/aromatic N) is 2. The van der Waals surface area contributed by atoms with Crippen LogP contribution in [0, 0.1) is 6.92 Å². The van der Waals surface area contributed by atoms with Crippen molar-refractivity contribution in [3.8, 4) is 0 Å². The molecule has 136 valence electrons. The number of hydrogen-bond acceptors (Lipinski definition) is 4. The first-order valence-corrected chi connectivity index (χ1v) is 8.72. The van der Waals surface area contributed by atoms with E-state index in [1.165, 1.54) is 0 Å². The zero-order valence-electron chi connectivity index (χ0n) is 15.1. The van der Waals surface area contributed by atoms with Crippen LogP contribution in [0.3, 0.4) is 0 Å². The van der Waals surface area contributed by atoms with E-state index in [4.69, 9.17) is 4.74 Å². The number of aromatic nitrogens is 2. The summed E-state index contributed by atoms with van der Waals surface area (Å²) in [5, 5.41) is 7.08. The van der Waals surface area contributed by atoms with Crippen molar-refractivity contribution in [2.75, 3.05) is 5.32 Å². The molecule has 0 unspecified atom stereocenters. The summed E-state index contributed by atoms with van der Waals surface area (Å²) in [6.07, 6.45) is 0.195. The van der Waals surface area contributed by atoms with Crippen LogP contribution in [-0.2, 0) is 18.2 Å². The van der Waals surface area contributed by atoms with Gasteiger partial charge in [-0.2, -0.15) is 5.10 Å². The van der Waals surface area contributed by atoms with Crippen molar-refractivity contribution >= 4 is 17.7 Å². The number of carbonyl (C=O) groups excluding carboxylic acids is 2. The number of nitrogens with one attached hydrogen (secondary N) is 1. The third kappa shape index (κ3) is 3.33. The van der Waals surface area contributed by atoms with E-state index in [1.54, 1.807) is 36.0 Å². The predicted octanol–water partition coefficient (Wildman–Crippen LogP) is 3.44. The lowest BCUT2D eigenvalue weighted by atomic mass is 9.93. The van der Waals surface area contributed by atoms with Gasteiger partial charge in [-0.3, -0.25) is 9.48 Å². The van der Waals surface area contributed by atoms with E-state index in [0.717, 1.165) is 16.8 Å². The van der Waals surface area contributed by atoms with E-state index in [9.17, 15) is 9.59 Å². The molecule has 6 nitrogen and oxygen atoms in total. The van der Waals surface area contributed by atoms with Gasteiger partial charge < -0.3 is 10.1 Å². The van der Waals surface area contributed by atoms with Crippen LogP contribution >= 0.6 is 0 Å². The highest BCUT2D eigenvalue weighted by atomic mass is 16.5. The van der Waals surface area contributed by atoms with Gasteiger partial charge in [0.25, 0.3) is 5.91 Å². The number of cyclic esters (lactones) is 1. The SMILES string of the molecule is Cc1cc(NC(=O)c2ccc3c(c2)C[C@H](c2ccccc2)OC3=O)n(C)n1. The molecule has 1 aliphatic heterocycles. The molecule has 0 bridgehead atoms. The van der Waals surface area contributed by atoms with Crippen molar-refractivity contribution in [2.24, 2.45) is 7.05 Å². The van der Waals surface area contributed by atoms with E-state index in [2.05, 4.69) is 10.4 Å². The second kappa shape index (κ2) is 6.72. The lowest BCUT2D eigenvalue weighted by Crippen LogP contribution is -2.23. The van der Waals surface area contributed by atoms with Crippen molar-refractivity contribution in [1.29, 1.82) is 0 Å². The fourth-order valence-corrected chi connectivity index (χ4v) is 3.31. The van der Waals surface area contributed by atoms with Crippen molar-refractivity contribution in [3.05, 3.63) is 82.5 Å². The molecule has 1 amide bonds. The van der Waals surface area contributed by atoms with Gasteiger partial charge in [0.2, 0.25) is 0 Å². The molecule has 0 spiro atoms. The summed E-state index contributed by atoms with van der Waals surface area (Å²) >= 11 is 0. The second-order valence-corrected chi connectivity index (χ2v) is 6.63. The molecule has 0 radical (unpaired) electrons. The maximum absolute atomic E-state index is 12.6. The lowest BCUT2D eigenvalue weighted by Gasteiger charge is -2.25. The molecule has 1 atom stereocenters. The molecule has 2 heterocycles. The van der Waals surface area contributed by atoms with Gasteiger partial charge in [0.15, 0.2) is 0 Å². The number of benzene rings is 2. The van der Waals surface area contributed by atoms with Gasteiger partial charge in [-0.25, -0.2) is 4.79 Å². The largest absolute Gasteiger partial charge is 0.454 e. The fourth-order valence-electron chi connectivity index (χ4n) is 3.31. The van der Waals surface area contributed by atoms with Crippen LogP contribution in [-0.4, -0.2) is 21.7 Å². The van der Waals surface area contributed by atoms with Gasteiger partial charge in [0.1, 0.15) is 11.9 Å². The highest BCUT2D eigenvalue weighted by Gasteiger charge is 2.28. The van der Waals surface area contributed by atoms with Crippen LogP contribution in [0.4, 0.5) is 5.82 Å². The molecule has 1 aliphatic rings. The summed E-state index contributed by atoms with van der Waals surface area (Å²) in [6, 6.07) is 16.5. The molecule has 0 aliphatic carbocycles. The first kappa shape index (κ1) is 17.0. The van der Waals surface area contributed by atoms with Crippen molar-refractivity contribution in [3.63, 3.8) is 0 Å². The van der Waals surface area contributed by atoms with Crippen LogP contribution in [0.2, 0.25) is 0 Å². The quantitative estimate of drug-likeness (QED) is 0.726. The topological polar surface area (TPSA) is 73.2 Å². The smallest absolute Gasteiger partial charge is 0.339 e. The average molecular weight is 361 g/mol. The molecule has 4 rings (SSSR count). The molecule has 1 N–H and O–H groups in total. The van der Waals surface area contributed by atoms with Crippen LogP contribution in [0.15, 0.2) is 54.6 Å².